The molecular formula is C20H26Cl2O3S. The Bertz CT molecular complexity index is 846. The summed E-state index contributed by atoms with van der Waals surface area (Å²) in [5.41, 5.74) is 1.42. The summed E-state index contributed by atoms with van der Waals surface area (Å²) >= 11 is 12.6. The third-order valence-corrected chi connectivity index (χ3v) is 7.54. The lowest BCUT2D eigenvalue weighted by molar-refractivity contribution is 0.389. The third kappa shape index (κ3) is 4.00. The highest BCUT2D eigenvalue weighted by Crippen LogP contribution is 2.46. The smallest absolute Gasteiger partial charge is 0.138 e. The van der Waals surface area contributed by atoms with Gasteiger partial charge in [-0.05, 0) is 46.2 Å². The summed E-state index contributed by atoms with van der Waals surface area (Å²) in [6, 6.07) is 9.39. The van der Waals surface area contributed by atoms with Crippen molar-refractivity contribution >= 4 is 32.8 Å². The molecule has 3 nitrogen and oxygen atoms in total. The van der Waals surface area contributed by atoms with Crippen LogP contribution in [0, 0.1) is 0 Å². The number of halogens is 2. The fourth-order valence-electron chi connectivity index (χ4n) is 2.65. The van der Waals surface area contributed by atoms with Crippen LogP contribution in [-0.4, -0.2) is 13.3 Å². The summed E-state index contributed by atoms with van der Waals surface area (Å²) < 4.78 is 34.9. The number of hydrogen-bond acceptors (Lipinski definition) is 1. The molecule has 0 bridgehead atoms. The van der Waals surface area contributed by atoms with Crippen molar-refractivity contribution in [1.29, 1.82) is 0 Å². The molecule has 0 aliphatic heterocycles. The maximum atomic E-state index is 13.3. The molecule has 0 heterocycles. The highest BCUT2D eigenvalue weighted by Gasteiger charge is 2.40. The minimum absolute atomic E-state index is 0.0235. The molecule has 144 valence electrons. The van der Waals surface area contributed by atoms with Crippen molar-refractivity contribution < 1.29 is 13.3 Å². The van der Waals surface area contributed by atoms with Crippen molar-refractivity contribution in [3.63, 3.8) is 0 Å². The van der Waals surface area contributed by atoms with Gasteiger partial charge in [0.25, 0.3) is 0 Å². The van der Waals surface area contributed by atoms with Gasteiger partial charge in [0.15, 0.2) is 0 Å². The van der Waals surface area contributed by atoms with E-state index in [1.807, 2.05) is 41.5 Å². The van der Waals surface area contributed by atoms with Gasteiger partial charge in [-0.1, -0.05) is 76.9 Å². The molecule has 0 amide bonds. The molecule has 0 unspecified atom stereocenters. The molecule has 0 aliphatic carbocycles. The van der Waals surface area contributed by atoms with E-state index < -0.39 is 9.63 Å². The number of rotatable bonds is 2. The average molecular weight is 417 g/mol. The lowest BCUT2D eigenvalue weighted by atomic mass is 9.87. The van der Waals surface area contributed by atoms with Crippen LogP contribution >= 0.6 is 23.2 Å². The Hall–Kier alpha value is -0.910. The van der Waals surface area contributed by atoms with Crippen LogP contribution in [0.5, 0.6) is 0 Å². The van der Waals surface area contributed by atoms with Gasteiger partial charge in [-0.2, -0.15) is 0 Å². The van der Waals surface area contributed by atoms with Crippen LogP contribution in [0.15, 0.2) is 46.2 Å². The lowest BCUT2D eigenvalue weighted by Crippen LogP contribution is -2.33. The molecule has 0 saturated carbocycles. The predicted molar refractivity (Wildman–Crippen MR) is 110 cm³/mol. The van der Waals surface area contributed by atoms with E-state index in [0.717, 1.165) is 11.1 Å². The Kier molecular flexibility index (Phi) is 5.20. The summed E-state index contributed by atoms with van der Waals surface area (Å²) in [7, 11) is -5.42. The molecule has 0 fully saturated rings. The SMILES string of the molecule is CC(C)(C)c1ccc(S(=O)(O)(O)c2ccc(C(C)(C)C)cc2Cl)c(Cl)c1. The van der Waals surface area contributed by atoms with Gasteiger partial charge in [0.05, 0.1) is 19.8 Å². The van der Waals surface area contributed by atoms with E-state index in [1.54, 1.807) is 24.3 Å². The van der Waals surface area contributed by atoms with Crippen LogP contribution in [0.3, 0.4) is 0 Å². The minimum atomic E-state index is -5.42. The first kappa shape index (κ1) is 21.4. The van der Waals surface area contributed by atoms with Crippen LogP contribution in [0.25, 0.3) is 0 Å². The van der Waals surface area contributed by atoms with E-state index >= 15 is 0 Å². The van der Waals surface area contributed by atoms with Crippen LogP contribution in [0.2, 0.25) is 10.0 Å². The highest BCUT2D eigenvalue weighted by molar-refractivity contribution is 8.10. The number of benzene rings is 2. The normalized spacial score (nSPS) is 14.8. The molecule has 0 aromatic heterocycles. The molecule has 6 heteroatoms. The fourth-order valence-corrected chi connectivity index (χ4v) is 5.53. The van der Waals surface area contributed by atoms with Crippen molar-refractivity contribution in [2.24, 2.45) is 0 Å². The second-order valence-electron chi connectivity index (χ2n) is 8.66. The molecule has 0 saturated heterocycles. The van der Waals surface area contributed by atoms with E-state index in [2.05, 4.69) is 0 Å². The predicted octanol–water partition coefficient (Wildman–Crippen LogP) is 6.77. The summed E-state index contributed by atoms with van der Waals surface area (Å²) in [6.45, 7) is 12.0. The Labute approximate surface area is 165 Å². The maximum Gasteiger partial charge on any atom is 0.138 e. The van der Waals surface area contributed by atoms with E-state index in [0.29, 0.717) is 0 Å². The molecule has 2 aromatic carbocycles. The molecule has 0 atom stereocenters. The van der Waals surface area contributed by atoms with Gasteiger partial charge in [0.1, 0.15) is 9.63 Å². The number of hydrogen-bond donors (Lipinski definition) is 2. The van der Waals surface area contributed by atoms with Crippen LogP contribution in [0.1, 0.15) is 52.7 Å². The minimum Gasteiger partial charge on any atom is -0.301 e. The van der Waals surface area contributed by atoms with Gasteiger partial charge >= 0.3 is 0 Å². The summed E-state index contributed by atoms with van der Waals surface area (Å²) in [6.07, 6.45) is 0. The second-order valence-corrected chi connectivity index (χ2v) is 12.1. The lowest BCUT2D eigenvalue weighted by Gasteiger charge is -2.34. The van der Waals surface area contributed by atoms with Crippen LogP contribution < -0.4 is 0 Å². The van der Waals surface area contributed by atoms with Gasteiger partial charge < -0.3 is 9.11 Å². The van der Waals surface area contributed by atoms with Crippen molar-refractivity contribution in [2.75, 3.05) is 0 Å². The zero-order valence-corrected chi connectivity index (χ0v) is 18.3. The molecule has 26 heavy (non-hydrogen) atoms. The monoisotopic (exact) mass is 416 g/mol. The van der Waals surface area contributed by atoms with Crippen molar-refractivity contribution in [1.82, 2.24) is 0 Å². The van der Waals surface area contributed by atoms with Gasteiger partial charge in [0, 0.05) is 0 Å². The first-order valence-electron chi connectivity index (χ1n) is 8.29. The van der Waals surface area contributed by atoms with Gasteiger partial charge in [-0.3, -0.25) is 0 Å². The Balaban J connectivity index is 2.66. The van der Waals surface area contributed by atoms with E-state index in [9.17, 15) is 13.3 Å². The van der Waals surface area contributed by atoms with E-state index in [4.69, 9.17) is 23.2 Å². The zero-order valence-electron chi connectivity index (χ0n) is 15.9. The standard InChI is InChI=1S/C20H26Cl2O3S/c1-19(2,3)13-7-9-17(15(21)11-13)26(23,24,25)18-10-8-14(12-16(18)22)20(4,5)6/h7-12H,1-6H3,(H2,23,24,25). The first-order valence-corrected chi connectivity index (χ1v) is 10.9. The molecule has 0 radical (unpaired) electrons. The van der Waals surface area contributed by atoms with Crippen molar-refractivity contribution in [3.05, 3.63) is 57.6 Å². The molecule has 2 aromatic rings. The second kappa shape index (κ2) is 6.32. The first-order chi connectivity index (χ1) is 11.5. The molecule has 0 spiro atoms. The molecular weight excluding hydrogens is 391 g/mol. The van der Waals surface area contributed by atoms with Gasteiger partial charge in [-0.25, -0.2) is 4.21 Å². The third-order valence-electron chi connectivity index (χ3n) is 4.39. The molecule has 2 rings (SSSR count). The van der Waals surface area contributed by atoms with E-state index in [-0.39, 0.29) is 30.7 Å². The van der Waals surface area contributed by atoms with Gasteiger partial charge in [-0.15, -0.1) is 0 Å². The topological polar surface area (TPSA) is 57.5 Å². The maximum absolute atomic E-state index is 13.3. The Morgan fingerprint density at radius 2 is 1.04 bits per heavy atom. The summed E-state index contributed by atoms with van der Waals surface area (Å²) in [5.74, 6) is 0. The zero-order chi connectivity index (χ0) is 20.2. The highest BCUT2D eigenvalue weighted by atomic mass is 35.5. The fraction of sp³-hybridized carbons (Fsp3) is 0.400. The largest absolute Gasteiger partial charge is 0.301 e. The quantitative estimate of drug-likeness (QED) is 0.567. The Morgan fingerprint density at radius 3 is 1.27 bits per heavy atom. The molecule has 0 aliphatic rings. The van der Waals surface area contributed by atoms with Crippen molar-refractivity contribution in [3.8, 4) is 0 Å². The van der Waals surface area contributed by atoms with Crippen molar-refractivity contribution in [2.45, 2.75) is 62.2 Å². The van der Waals surface area contributed by atoms with Crippen LogP contribution in [0.4, 0.5) is 0 Å². The van der Waals surface area contributed by atoms with Crippen LogP contribution in [-0.2, 0) is 20.5 Å². The Morgan fingerprint density at radius 1 is 0.731 bits per heavy atom. The van der Waals surface area contributed by atoms with E-state index in [1.165, 1.54) is 12.1 Å². The van der Waals surface area contributed by atoms with Gasteiger partial charge in [0.2, 0.25) is 0 Å². The average Bonchev–Trinajstić information content (AvgIpc) is 2.44. The summed E-state index contributed by atoms with van der Waals surface area (Å²) in [5, 5.41) is 0.0470. The summed E-state index contributed by atoms with van der Waals surface area (Å²) in [4.78, 5) is -0.496. The molecule has 2 N–H and O–H groups in total.